The molecule has 0 heterocycles. The SMILES string of the molecule is Nc1cccc2cc(CC(=O)O)ccc12. The zero-order valence-corrected chi connectivity index (χ0v) is 8.10. The summed E-state index contributed by atoms with van der Waals surface area (Å²) in [6.45, 7) is 0. The van der Waals surface area contributed by atoms with Crippen LogP contribution in [0.25, 0.3) is 10.8 Å². The predicted molar refractivity (Wildman–Crippen MR) is 59.7 cm³/mol. The number of aliphatic carboxylic acids is 1. The van der Waals surface area contributed by atoms with Gasteiger partial charge < -0.3 is 10.8 Å². The van der Waals surface area contributed by atoms with Gasteiger partial charge in [0, 0.05) is 11.1 Å². The number of carboxylic acids is 1. The fourth-order valence-electron chi connectivity index (χ4n) is 1.64. The summed E-state index contributed by atoms with van der Waals surface area (Å²) in [6.07, 6.45) is 0.0464. The molecule has 0 saturated heterocycles. The summed E-state index contributed by atoms with van der Waals surface area (Å²) >= 11 is 0. The summed E-state index contributed by atoms with van der Waals surface area (Å²) in [5, 5.41) is 10.6. The van der Waals surface area contributed by atoms with E-state index in [0.29, 0.717) is 0 Å². The van der Waals surface area contributed by atoms with Gasteiger partial charge in [-0.25, -0.2) is 0 Å². The molecule has 2 aromatic carbocycles. The predicted octanol–water partition coefficient (Wildman–Crippen LogP) is 2.05. The fourth-order valence-corrected chi connectivity index (χ4v) is 1.64. The van der Waals surface area contributed by atoms with E-state index in [4.69, 9.17) is 10.8 Å². The van der Waals surface area contributed by atoms with Gasteiger partial charge in [-0.2, -0.15) is 0 Å². The van der Waals surface area contributed by atoms with Crippen molar-refractivity contribution >= 4 is 22.4 Å². The second kappa shape index (κ2) is 3.61. The largest absolute Gasteiger partial charge is 0.481 e. The third-order valence-electron chi connectivity index (χ3n) is 2.33. The van der Waals surface area contributed by atoms with Gasteiger partial charge in [0.05, 0.1) is 6.42 Å². The molecule has 0 saturated carbocycles. The molecular weight excluding hydrogens is 190 g/mol. The van der Waals surface area contributed by atoms with Crippen molar-refractivity contribution in [1.82, 2.24) is 0 Å². The Morgan fingerprint density at radius 2 is 2.07 bits per heavy atom. The number of fused-ring (bicyclic) bond motifs is 1. The van der Waals surface area contributed by atoms with E-state index in [0.717, 1.165) is 22.0 Å². The van der Waals surface area contributed by atoms with Crippen LogP contribution in [0.3, 0.4) is 0 Å². The Kier molecular flexibility index (Phi) is 2.29. The molecule has 0 amide bonds. The average molecular weight is 201 g/mol. The van der Waals surface area contributed by atoms with E-state index in [9.17, 15) is 4.79 Å². The molecule has 0 radical (unpaired) electrons. The lowest BCUT2D eigenvalue weighted by Crippen LogP contribution is -1.99. The number of hydrogen-bond donors (Lipinski definition) is 2. The van der Waals surface area contributed by atoms with Crippen molar-refractivity contribution in [2.24, 2.45) is 0 Å². The van der Waals surface area contributed by atoms with Gasteiger partial charge in [0.2, 0.25) is 0 Å². The van der Waals surface area contributed by atoms with Crippen molar-refractivity contribution in [2.45, 2.75) is 6.42 Å². The van der Waals surface area contributed by atoms with Crippen molar-refractivity contribution in [3.63, 3.8) is 0 Å². The molecule has 0 aliphatic heterocycles. The minimum absolute atomic E-state index is 0.0464. The van der Waals surface area contributed by atoms with Crippen molar-refractivity contribution in [3.05, 3.63) is 42.0 Å². The van der Waals surface area contributed by atoms with E-state index in [-0.39, 0.29) is 6.42 Å². The van der Waals surface area contributed by atoms with E-state index in [1.807, 2.05) is 30.3 Å². The fraction of sp³-hybridized carbons (Fsp3) is 0.0833. The third-order valence-corrected chi connectivity index (χ3v) is 2.33. The van der Waals surface area contributed by atoms with E-state index in [1.54, 1.807) is 6.07 Å². The van der Waals surface area contributed by atoms with Crippen LogP contribution in [-0.4, -0.2) is 11.1 Å². The molecule has 0 aromatic heterocycles. The molecule has 0 aliphatic carbocycles. The third kappa shape index (κ3) is 1.91. The lowest BCUT2D eigenvalue weighted by molar-refractivity contribution is -0.136. The van der Waals surface area contributed by atoms with Gasteiger partial charge >= 0.3 is 5.97 Å². The summed E-state index contributed by atoms with van der Waals surface area (Å²) in [6, 6.07) is 11.1. The molecule has 3 nitrogen and oxygen atoms in total. The smallest absolute Gasteiger partial charge is 0.307 e. The zero-order chi connectivity index (χ0) is 10.8. The molecular formula is C12H11NO2. The van der Waals surface area contributed by atoms with Crippen LogP contribution in [-0.2, 0) is 11.2 Å². The molecule has 0 spiro atoms. The van der Waals surface area contributed by atoms with Gasteiger partial charge in [0.15, 0.2) is 0 Å². The monoisotopic (exact) mass is 201 g/mol. The summed E-state index contributed by atoms with van der Waals surface area (Å²) in [5.74, 6) is -0.821. The number of nitrogen functional groups attached to an aromatic ring is 1. The van der Waals surface area contributed by atoms with Gasteiger partial charge in [-0.1, -0.05) is 30.3 Å². The van der Waals surface area contributed by atoms with Crippen LogP contribution < -0.4 is 5.73 Å². The van der Waals surface area contributed by atoms with Gasteiger partial charge in [-0.05, 0) is 17.0 Å². The Labute approximate surface area is 87.1 Å². The van der Waals surface area contributed by atoms with Crippen molar-refractivity contribution in [2.75, 3.05) is 5.73 Å². The van der Waals surface area contributed by atoms with E-state index in [1.165, 1.54) is 0 Å². The molecule has 3 N–H and O–H groups in total. The number of rotatable bonds is 2. The molecule has 76 valence electrons. The number of nitrogens with two attached hydrogens (primary N) is 1. The first-order chi connectivity index (χ1) is 7.16. The highest BCUT2D eigenvalue weighted by Gasteiger charge is 2.02. The Morgan fingerprint density at radius 1 is 1.27 bits per heavy atom. The Hall–Kier alpha value is -2.03. The summed E-state index contributed by atoms with van der Waals surface area (Å²) in [5.41, 5.74) is 7.30. The first-order valence-corrected chi connectivity index (χ1v) is 4.66. The molecule has 0 unspecified atom stereocenters. The maximum Gasteiger partial charge on any atom is 0.307 e. The second-order valence-corrected chi connectivity index (χ2v) is 3.47. The highest BCUT2D eigenvalue weighted by molar-refractivity contribution is 5.93. The van der Waals surface area contributed by atoms with E-state index < -0.39 is 5.97 Å². The van der Waals surface area contributed by atoms with Crippen LogP contribution in [0, 0.1) is 0 Å². The maximum atomic E-state index is 10.5. The molecule has 3 heteroatoms. The maximum absolute atomic E-state index is 10.5. The van der Waals surface area contributed by atoms with Crippen LogP contribution in [0.4, 0.5) is 5.69 Å². The molecule has 0 bridgehead atoms. The van der Waals surface area contributed by atoms with Crippen molar-refractivity contribution in [1.29, 1.82) is 0 Å². The van der Waals surface area contributed by atoms with Gasteiger partial charge in [-0.3, -0.25) is 4.79 Å². The summed E-state index contributed by atoms with van der Waals surface area (Å²) < 4.78 is 0. The first kappa shape index (κ1) is 9.52. The lowest BCUT2D eigenvalue weighted by atomic mass is 10.0. The van der Waals surface area contributed by atoms with Crippen LogP contribution in [0.1, 0.15) is 5.56 Å². The highest BCUT2D eigenvalue weighted by Crippen LogP contribution is 2.21. The Balaban J connectivity index is 2.52. The summed E-state index contributed by atoms with van der Waals surface area (Å²) in [4.78, 5) is 10.5. The van der Waals surface area contributed by atoms with Crippen LogP contribution in [0.5, 0.6) is 0 Å². The van der Waals surface area contributed by atoms with Gasteiger partial charge in [0.1, 0.15) is 0 Å². The number of carboxylic acid groups (broad SMARTS) is 1. The van der Waals surface area contributed by atoms with Crippen LogP contribution in [0.15, 0.2) is 36.4 Å². The molecule has 0 atom stereocenters. The topological polar surface area (TPSA) is 63.3 Å². The Bertz CT molecular complexity index is 520. The number of benzene rings is 2. The molecule has 0 aliphatic rings. The van der Waals surface area contributed by atoms with Gasteiger partial charge in [-0.15, -0.1) is 0 Å². The van der Waals surface area contributed by atoms with Gasteiger partial charge in [0.25, 0.3) is 0 Å². The lowest BCUT2D eigenvalue weighted by Gasteiger charge is -2.03. The molecule has 2 rings (SSSR count). The summed E-state index contributed by atoms with van der Waals surface area (Å²) in [7, 11) is 0. The molecule has 2 aromatic rings. The highest BCUT2D eigenvalue weighted by atomic mass is 16.4. The number of anilines is 1. The van der Waals surface area contributed by atoms with E-state index in [2.05, 4.69) is 0 Å². The van der Waals surface area contributed by atoms with Crippen molar-refractivity contribution in [3.8, 4) is 0 Å². The average Bonchev–Trinajstić information content (AvgIpc) is 2.17. The zero-order valence-electron chi connectivity index (χ0n) is 8.10. The molecule has 0 fully saturated rings. The first-order valence-electron chi connectivity index (χ1n) is 4.66. The molecule has 15 heavy (non-hydrogen) atoms. The number of carbonyl (C=O) groups is 1. The quantitative estimate of drug-likeness (QED) is 0.731. The standard InChI is InChI=1S/C12H11NO2/c13-11-3-1-2-9-6-8(7-12(14)15)4-5-10(9)11/h1-6H,7,13H2,(H,14,15). The number of hydrogen-bond acceptors (Lipinski definition) is 2. The second-order valence-electron chi connectivity index (χ2n) is 3.47. The van der Waals surface area contributed by atoms with E-state index >= 15 is 0 Å². The van der Waals surface area contributed by atoms with Crippen LogP contribution in [0.2, 0.25) is 0 Å². The van der Waals surface area contributed by atoms with Crippen molar-refractivity contribution < 1.29 is 9.90 Å². The normalized spacial score (nSPS) is 10.4. The minimum atomic E-state index is -0.821. The Morgan fingerprint density at radius 3 is 2.80 bits per heavy atom. The van der Waals surface area contributed by atoms with Crippen LogP contribution >= 0.6 is 0 Å². The minimum Gasteiger partial charge on any atom is -0.481 e.